The number of carbonyl (C=O) groups excluding carboxylic acids is 1. The molecule has 2 aromatic rings. The summed E-state index contributed by atoms with van der Waals surface area (Å²) in [5.41, 5.74) is 0.754. The molecule has 2 amide bonds. The van der Waals surface area contributed by atoms with Gasteiger partial charge < -0.3 is 25.6 Å². The van der Waals surface area contributed by atoms with Crippen LogP contribution >= 0.6 is 0 Å². The first kappa shape index (κ1) is 28.0. The van der Waals surface area contributed by atoms with E-state index in [1.807, 2.05) is 32.6 Å². The molecule has 0 spiro atoms. The van der Waals surface area contributed by atoms with Gasteiger partial charge in [0.2, 0.25) is 5.95 Å². The quantitative estimate of drug-likeness (QED) is 0.408. The van der Waals surface area contributed by atoms with Crippen LogP contribution in [0.15, 0.2) is 6.20 Å². The molecule has 0 radical (unpaired) electrons. The number of nitrogens with one attached hydrogen (secondary N) is 4. The van der Waals surface area contributed by atoms with Gasteiger partial charge in [0, 0.05) is 57.0 Å². The molecule has 38 heavy (non-hydrogen) atoms. The van der Waals surface area contributed by atoms with Crippen LogP contribution in [0.3, 0.4) is 0 Å². The molecular formula is C26H42FN9O2. The Hall–Kier alpha value is -2.99. The highest BCUT2D eigenvalue weighted by atomic mass is 19.1. The lowest BCUT2D eigenvalue weighted by Crippen LogP contribution is -2.62. The summed E-state index contributed by atoms with van der Waals surface area (Å²) in [7, 11) is 0. The Kier molecular flexibility index (Phi) is 8.71. The number of aromatic amines is 1. The molecular weight excluding hydrogens is 489 g/mol. The van der Waals surface area contributed by atoms with Crippen molar-refractivity contribution in [1.29, 1.82) is 0 Å². The Morgan fingerprint density at radius 2 is 1.95 bits per heavy atom. The number of anilines is 3. The number of H-pyrrole nitrogens is 1. The lowest BCUT2D eigenvalue weighted by Gasteiger charge is -2.46. The van der Waals surface area contributed by atoms with E-state index in [1.165, 1.54) is 0 Å². The number of carbonyl (C=O) groups is 1. The van der Waals surface area contributed by atoms with Crippen LogP contribution in [0.4, 0.5) is 26.8 Å². The van der Waals surface area contributed by atoms with Crippen molar-refractivity contribution in [2.75, 3.05) is 50.0 Å². The second-order valence-electron chi connectivity index (χ2n) is 11.0. The third-order valence-electron chi connectivity index (χ3n) is 7.58. The predicted octanol–water partition coefficient (Wildman–Crippen LogP) is 3.59. The molecule has 2 aliphatic rings. The molecule has 210 valence electrons. The van der Waals surface area contributed by atoms with E-state index < -0.39 is 11.4 Å². The van der Waals surface area contributed by atoms with Crippen molar-refractivity contribution in [3.8, 4) is 0 Å². The third-order valence-corrected chi connectivity index (χ3v) is 7.58. The van der Waals surface area contributed by atoms with Crippen LogP contribution in [-0.4, -0.2) is 87.5 Å². The summed E-state index contributed by atoms with van der Waals surface area (Å²) in [6, 6.07) is 0.261. The summed E-state index contributed by atoms with van der Waals surface area (Å²) in [5, 5.41) is 16.5. The standard InChI is InChI=1S/C26H42FN9O2/c1-7-28-24-29-12-20(27)23(31-24)30-22-18(4)21(33-34-22)26(5,6)32-25(37)36-14-16(2)35(13-17(36)3)15-19-8-10-38-11-9-19/h12,16-17,19H,7-11,13-15H2,1-6H3,(H,32,37)(H3,28,29,30,31,33,34)/t16-,17+/m1/s1. The summed E-state index contributed by atoms with van der Waals surface area (Å²) in [6.45, 7) is 16.8. The second-order valence-corrected chi connectivity index (χ2v) is 11.0. The molecule has 2 saturated heterocycles. The normalized spacial score (nSPS) is 21.4. The molecule has 4 rings (SSSR count). The van der Waals surface area contributed by atoms with Crippen molar-refractivity contribution >= 4 is 23.6 Å². The second kappa shape index (κ2) is 11.8. The van der Waals surface area contributed by atoms with E-state index in [-0.39, 0.29) is 23.9 Å². The van der Waals surface area contributed by atoms with Crippen LogP contribution in [0.2, 0.25) is 0 Å². The number of hydrogen-bond acceptors (Lipinski definition) is 8. The average Bonchev–Trinajstić information content (AvgIpc) is 3.24. The van der Waals surface area contributed by atoms with Gasteiger partial charge in [-0.05, 0) is 60.3 Å². The molecule has 4 N–H and O–H groups in total. The van der Waals surface area contributed by atoms with Crippen molar-refractivity contribution in [2.45, 2.75) is 72.0 Å². The summed E-state index contributed by atoms with van der Waals surface area (Å²) in [5.74, 6) is 0.872. The van der Waals surface area contributed by atoms with Crippen molar-refractivity contribution in [2.24, 2.45) is 5.92 Å². The molecule has 0 unspecified atom stereocenters. The highest BCUT2D eigenvalue weighted by molar-refractivity contribution is 5.76. The number of urea groups is 1. The molecule has 4 heterocycles. The lowest BCUT2D eigenvalue weighted by molar-refractivity contribution is 0.0182. The molecule has 0 aliphatic carbocycles. The largest absolute Gasteiger partial charge is 0.381 e. The van der Waals surface area contributed by atoms with Gasteiger partial charge in [-0.2, -0.15) is 10.1 Å². The fourth-order valence-electron chi connectivity index (χ4n) is 5.34. The van der Waals surface area contributed by atoms with E-state index >= 15 is 0 Å². The maximum absolute atomic E-state index is 14.3. The molecule has 2 atom stereocenters. The van der Waals surface area contributed by atoms with E-state index in [1.54, 1.807) is 0 Å². The van der Waals surface area contributed by atoms with Crippen LogP contribution in [0, 0.1) is 18.7 Å². The number of nitrogens with zero attached hydrogens (tertiary/aromatic N) is 5. The van der Waals surface area contributed by atoms with E-state index in [9.17, 15) is 9.18 Å². The topological polar surface area (TPSA) is 123 Å². The zero-order valence-electron chi connectivity index (χ0n) is 23.4. The van der Waals surface area contributed by atoms with E-state index in [0.717, 1.165) is 56.6 Å². The highest BCUT2D eigenvalue weighted by Gasteiger charge is 2.36. The van der Waals surface area contributed by atoms with Crippen molar-refractivity contribution in [1.82, 2.24) is 35.3 Å². The van der Waals surface area contributed by atoms with Gasteiger partial charge in [-0.1, -0.05) is 0 Å². The Morgan fingerprint density at radius 1 is 1.21 bits per heavy atom. The van der Waals surface area contributed by atoms with Crippen molar-refractivity contribution in [3.63, 3.8) is 0 Å². The number of amides is 2. The first-order valence-corrected chi connectivity index (χ1v) is 13.6. The van der Waals surface area contributed by atoms with E-state index in [2.05, 4.69) is 54.9 Å². The van der Waals surface area contributed by atoms with Gasteiger partial charge in [0.05, 0.1) is 17.4 Å². The minimum atomic E-state index is -0.741. The highest BCUT2D eigenvalue weighted by Crippen LogP contribution is 2.29. The molecule has 2 aliphatic heterocycles. The van der Waals surface area contributed by atoms with Gasteiger partial charge in [0.25, 0.3) is 0 Å². The minimum absolute atomic E-state index is 0.0281. The molecule has 0 aromatic carbocycles. The zero-order valence-corrected chi connectivity index (χ0v) is 23.4. The minimum Gasteiger partial charge on any atom is -0.381 e. The Morgan fingerprint density at radius 3 is 2.66 bits per heavy atom. The predicted molar refractivity (Wildman–Crippen MR) is 145 cm³/mol. The maximum atomic E-state index is 14.3. The zero-order chi connectivity index (χ0) is 27.4. The van der Waals surface area contributed by atoms with Crippen molar-refractivity contribution in [3.05, 3.63) is 23.3 Å². The number of halogens is 1. The molecule has 0 bridgehead atoms. The maximum Gasteiger partial charge on any atom is 0.318 e. The molecule has 2 aromatic heterocycles. The van der Waals surface area contributed by atoms with E-state index in [4.69, 9.17) is 4.74 Å². The van der Waals surface area contributed by atoms with Crippen LogP contribution in [-0.2, 0) is 10.3 Å². The summed E-state index contributed by atoms with van der Waals surface area (Å²) < 4.78 is 19.9. The third kappa shape index (κ3) is 6.35. The van der Waals surface area contributed by atoms with Gasteiger partial charge in [-0.3, -0.25) is 10.00 Å². The Labute approximate surface area is 224 Å². The van der Waals surface area contributed by atoms with Crippen molar-refractivity contribution < 1.29 is 13.9 Å². The van der Waals surface area contributed by atoms with Crippen LogP contribution in [0.1, 0.15) is 58.7 Å². The SMILES string of the molecule is CCNc1ncc(F)c(Nc2n[nH]c(C(C)(C)NC(=O)N3C[C@@H](C)N(CC4CCOCC4)C[C@@H]3C)c2C)n1. The van der Waals surface area contributed by atoms with Gasteiger partial charge >= 0.3 is 6.03 Å². The fourth-order valence-corrected chi connectivity index (χ4v) is 5.34. The smallest absolute Gasteiger partial charge is 0.318 e. The van der Waals surface area contributed by atoms with Gasteiger partial charge in [0.1, 0.15) is 0 Å². The van der Waals surface area contributed by atoms with Gasteiger partial charge in [-0.25, -0.2) is 14.2 Å². The van der Waals surface area contributed by atoms with E-state index in [0.29, 0.717) is 30.8 Å². The monoisotopic (exact) mass is 531 g/mol. The van der Waals surface area contributed by atoms with Crippen LogP contribution in [0.25, 0.3) is 0 Å². The number of piperazine rings is 1. The average molecular weight is 532 g/mol. The molecule has 12 heteroatoms. The first-order valence-electron chi connectivity index (χ1n) is 13.6. The first-order chi connectivity index (χ1) is 18.1. The fraction of sp³-hybridized carbons (Fsp3) is 0.692. The summed E-state index contributed by atoms with van der Waals surface area (Å²) in [4.78, 5) is 26.0. The Balaban J connectivity index is 1.40. The van der Waals surface area contributed by atoms with Gasteiger partial charge in [0.15, 0.2) is 17.5 Å². The molecule has 2 fully saturated rings. The number of rotatable bonds is 8. The number of aromatic nitrogens is 4. The summed E-state index contributed by atoms with van der Waals surface area (Å²) >= 11 is 0. The van der Waals surface area contributed by atoms with Crippen LogP contribution < -0.4 is 16.0 Å². The lowest BCUT2D eigenvalue weighted by atomic mass is 9.96. The number of hydrogen-bond donors (Lipinski definition) is 4. The summed E-state index contributed by atoms with van der Waals surface area (Å²) in [6.07, 6.45) is 3.33. The molecule has 0 saturated carbocycles. The number of ether oxygens (including phenoxy) is 1. The Bertz CT molecular complexity index is 1100. The van der Waals surface area contributed by atoms with Gasteiger partial charge in [-0.15, -0.1) is 0 Å². The van der Waals surface area contributed by atoms with Crippen LogP contribution in [0.5, 0.6) is 0 Å². The molecule has 11 nitrogen and oxygen atoms in total.